The first-order chi connectivity index (χ1) is 11.1. The highest BCUT2D eigenvalue weighted by Crippen LogP contribution is 2.16. The summed E-state index contributed by atoms with van der Waals surface area (Å²) in [5, 5.41) is 13.0. The number of benzene rings is 1. The third-order valence-corrected chi connectivity index (χ3v) is 3.69. The van der Waals surface area contributed by atoms with Crippen molar-refractivity contribution < 1.29 is 9.84 Å². The number of hydrogen-bond acceptors (Lipinski definition) is 3. The molecule has 0 aromatic heterocycles. The average Bonchev–Trinajstić information content (AvgIpc) is 2.96. The zero-order chi connectivity index (χ0) is 16.7. The lowest BCUT2D eigenvalue weighted by Crippen LogP contribution is -2.40. The van der Waals surface area contributed by atoms with E-state index in [9.17, 15) is 5.11 Å². The Hall–Kier alpha value is -1.75. The second kappa shape index (κ2) is 8.77. The van der Waals surface area contributed by atoms with E-state index in [0.29, 0.717) is 19.0 Å². The molecule has 1 aromatic rings. The molecule has 2 rings (SSSR count). The minimum Gasteiger partial charge on any atom is -0.493 e. The number of aliphatic hydroxyl groups excluding tert-OH is 1. The number of nitrogens with zero attached hydrogens (tertiary/aromatic N) is 2. The first-order valence-electron chi connectivity index (χ1n) is 8.51. The Morgan fingerprint density at radius 1 is 1.48 bits per heavy atom. The predicted molar refractivity (Wildman–Crippen MR) is 93.8 cm³/mol. The van der Waals surface area contributed by atoms with Gasteiger partial charge in [0.05, 0.1) is 19.3 Å². The molecule has 0 spiro atoms. The Morgan fingerprint density at radius 3 is 2.96 bits per heavy atom. The van der Waals surface area contributed by atoms with Gasteiger partial charge in [0, 0.05) is 19.6 Å². The zero-order valence-electron chi connectivity index (χ0n) is 14.5. The largest absolute Gasteiger partial charge is 0.493 e. The summed E-state index contributed by atoms with van der Waals surface area (Å²) in [6.45, 7) is 10.00. The van der Waals surface area contributed by atoms with Crippen LogP contribution >= 0.6 is 0 Å². The Labute approximate surface area is 139 Å². The normalized spacial score (nSPS) is 18.6. The van der Waals surface area contributed by atoms with Crippen molar-refractivity contribution >= 4 is 5.96 Å². The van der Waals surface area contributed by atoms with E-state index in [0.717, 1.165) is 43.4 Å². The summed E-state index contributed by atoms with van der Waals surface area (Å²) in [4.78, 5) is 6.82. The van der Waals surface area contributed by atoms with Gasteiger partial charge in [-0.15, -0.1) is 0 Å². The van der Waals surface area contributed by atoms with E-state index in [-0.39, 0.29) is 6.10 Å². The molecule has 0 bridgehead atoms. The van der Waals surface area contributed by atoms with Crippen LogP contribution in [0.5, 0.6) is 5.75 Å². The summed E-state index contributed by atoms with van der Waals surface area (Å²) >= 11 is 0. The number of β-amino-alcohol motifs (C(OH)–C–C–N with tert-alkyl or cyclic N) is 1. The fourth-order valence-electron chi connectivity index (χ4n) is 2.52. The molecule has 1 fully saturated rings. The Balaban J connectivity index is 1.99. The molecule has 0 unspecified atom stereocenters. The van der Waals surface area contributed by atoms with Gasteiger partial charge in [-0.1, -0.05) is 26.0 Å². The molecule has 1 aliphatic heterocycles. The van der Waals surface area contributed by atoms with Crippen LogP contribution in [0, 0.1) is 5.92 Å². The first kappa shape index (κ1) is 17.6. The van der Waals surface area contributed by atoms with E-state index in [1.54, 1.807) is 0 Å². The van der Waals surface area contributed by atoms with Crippen molar-refractivity contribution in [2.45, 2.75) is 39.8 Å². The van der Waals surface area contributed by atoms with E-state index in [2.05, 4.69) is 37.1 Å². The van der Waals surface area contributed by atoms with E-state index in [1.807, 2.05) is 18.2 Å². The maximum Gasteiger partial charge on any atom is 0.194 e. The first-order valence-corrected chi connectivity index (χ1v) is 8.51. The number of guanidine groups is 1. The molecular formula is C18H29N3O2. The molecule has 5 heteroatoms. The summed E-state index contributed by atoms with van der Waals surface area (Å²) in [6, 6.07) is 8.10. The van der Waals surface area contributed by atoms with Gasteiger partial charge < -0.3 is 20.1 Å². The second-order valence-electron chi connectivity index (χ2n) is 6.41. The maximum absolute atomic E-state index is 9.70. The third kappa shape index (κ3) is 5.75. The van der Waals surface area contributed by atoms with Gasteiger partial charge in [-0.25, -0.2) is 4.99 Å². The van der Waals surface area contributed by atoms with Crippen molar-refractivity contribution in [3.05, 3.63) is 29.8 Å². The lowest BCUT2D eigenvalue weighted by molar-refractivity contribution is 0.188. The standard InChI is InChI=1S/C18H29N3O2/c1-4-19-18(21-9-8-16(22)12-21)20-11-15-6-5-7-17(10-15)23-13-14(2)3/h5-7,10,14,16,22H,4,8-9,11-13H2,1-3H3,(H,19,20)/t16-/m1/s1. The number of aliphatic imine (C=N–C) groups is 1. The lowest BCUT2D eigenvalue weighted by atomic mass is 10.2. The van der Waals surface area contributed by atoms with E-state index in [4.69, 9.17) is 9.73 Å². The van der Waals surface area contributed by atoms with Crippen molar-refractivity contribution in [2.24, 2.45) is 10.9 Å². The average molecular weight is 319 g/mol. The van der Waals surface area contributed by atoms with E-state index >= 15 is 0 Å². The molecule has 1 saturated heterocycles. The lowest BCUT2D eigenvalue weighted by Gasteiger charge is -2.21. The van der Waals surface area contributed by atoms with Gasteiger partial charge in [0.15, 0.2) is 5.96 Å². The summed E-state index contributed by atoms with van der Waals surface area (Å²) in [7, 11) is 0. The molecule has 5 nitrogen and oxygen atoms in total. The second-order valence-corrected chi connectivity index (χ2v) is 6.41. The SMILES string of the molecule is CCNC(=NCc1cccc(OCC(C)C)c1)N1CC[C@@H](O)C1. The van der Waals surface area contributed by atoms with Gasteiger partial charge in [0.1, 0.15) is 5.75 Å². The molecule has 128 valence electrons. The van der Waals surface area contributed by atoms with Gasteiger partial charge in [-0.3, -0.25) is 0 Å². The van der Waals surface area contributed by atoms with Crippen molar-refractivity contribution in [2.75, 3.05) is 26.2 Å². The monoisotopic (exact) mass is 319 g/mol. The Morgan fingerprint density at radius 2 is 2.30 bits per heavy atom. The summed E-state index contributed by atoms with van der Waals surface area (Å²) in [5.41, 5.74) is 1.13. The van der Waals surface area contributed by atoms with Crippen LogP contribution in [0.3, 0.4) is 0 Å². The molecular weight excluding hydrogens is 290 g/mol. The topological polar surface area (TPSA) is 57.1 Å². The maximum atomic E-state index is 9.70. The quantitative estimate of drug-likeness (QED) is 0.624. The zero-order valence-corrected chi connectivity index (χ0v) is 14.5. The minimum atomic E-state index is -0.244. The van der Waals surface area contributed by atoms with E-state index in [1.165, 1.54) is 0 Å². The van der Waals surface area contributed by atoms with Crippen LogP contribution in [0.15, 0.2) is 29.3 Å². The fraction of sp³-hybridized carbons (Fsp3) is 0.611. The van der Waals surface area contributed by atoms with Gasteiger partial charge in [0.2, 0.25) is 0 Å². The highest BCUT2D eigenvalue weighted by atomic mass is 16.5. The van der Waals surface area contributed by atoms with Crippen LogP contribution in [0.1, 0.15) is 32.8 Å². The van der Waals surface area contributed by atoms with Crippen LogP contribution in [0.2, 0.25) is 0 Å². The Bertz CT molecular complexity index is 517. The molecule has 0 amide bonds. The van der Waals surface area contributed by atoms with Crippen LogP contribution in [0.4, 0.5) is 0 Å². The van der Waals surface area contributed by atoms with Crippen LogP contribution in [-0.4, -0.2) is 48.3 Å². The molecule has 0 aliphatic carbocycles. The number of aliphatic hydroxyl groups is 1. The third-order valence-electron chi connectivity index (χ3n) is 3.69. The molecule has 0 radical (unpaired) electrons. The van der Waals surface area contributed by atoms with Crippen molar-refractivity contribution in [1.82, 2.24) is 10.2 Å². The highest BCUT2D eigenvalue weighted by molar-refractivity contribution is 5.80. The molecule has 1 aromatic carbocycles. The summed E-state index contributed by atoms with van der Waals surface area (Å²) in [6.07, 6.45) is 0.565. The molecule has 1 heterocycles. The number of ether oxygens (including phenoxy) is 1. The highest BCUT2D eigenvalue weighted by Gasteiger charge is 2.22. The van der Waals surface area contributed by atoms with Crippen molar-refractivity contribution in [3.63, 3.8) is 0 Å². The Kier molecular flexibility index (Phi) is 6.71. The number of likely N-dealkylation sites (tertiary alicyclic amines) is 1. The van der Waals surface area contributed by atoms with Gasteiger partial charge in [-0.2, -0.15) is 0 Å². The minimum absolute atomic E-state index is 0.244. The van der Waals surface area contributed by atoms with Gasteiger partial charge >= 0.3 is 0 Å². The van der Waals surface area contributed by atoms with Gasteiger partial charge in [0.25, 0.3) is 0 Å². The fourth-order valence-corrected chi connectivity index (χ4v) is 2.52. The number of hydrogen-bond donors (Lipinski definition) is 2. The molecule has 1 atom stereocenters. The molecule has 2 N–H and O–H groups in total. The van der Waals surface area contributed by atoms with Crippen LogP contribution < -0.4 is 10.1 Å². The van der Waals surface area contributed by atoms with E-state index < -0.39 is 0 Å². The smallest absolute Gasteiger partial charge is 0.194 e. The van der Waals surface area contributed by atoms with Gasteiger partial charge in [-0.05, 0) is 37.0 Å². The van der Waals surface area contributed by atoms with Crippen molar-refractivity contribution in [1.29, 1.82) is 0 Å². The van der Waals surface area contributed by atoms with Crippen LogP contribution in [0.25, 0.3) is 0 Å². The number of rotatable bonds is 6. The number of nitrogens with one attached hydrogen (secondary N) is 1. The van der Waals surface area contributed by atoms with Crippen molar-refractivity contribution in [3.8, 4) is 5.75 Å². The molecule has 23 heavy (non-hydrogen) atoms. The predicted octanol–water partition coefficient (Wildman–Crippen LogP) is 2.25. The van der Waals surface area contributed by atoms with Crippen LogP contribution in [-0.2, 0) is 6.54 Å². The summed E-state index contributed by atoms with van der Waals surface area (Å²) in [5.74, 6) is 2.28. The molecule has 1 aliphatic rings. The molecule has 0 saturated carbocycles. The summed E-state index contributed by atoms with van der Waals surface area (Å²) < 4.78 is 5.77.